The zero-order valence-corrected chi connectivity index (χ0v) is 14.8. The highest BCUT2D eigenvalue weighted by atomic mass is 16.5. The molecule has 6 nitrogen and oxygen atoms in total. The molecule has 25 heavy (non-hydrogen) atoms. The molecule has 1 atom stereocenters. The molecule has 0 bridgehead atoms. The highest BCUT2D eigenvalue weighted by Gasteiger charge is 2.20. The summed E-state index contributed by atoms with van der Waals surface area (Å²) in [7, 11) is 0. The van der Waals surface area contributed by atoms with Gasteiger partial charge in [-0.3, -0.25) is 9.59 Å². The minimum absolute atomic E-state index is 0.0308. The molecular weight excluding hydrogens is 318 g/mol. The molecule has 3 rings (SSSR count). The minimum Gasteiger partial charge on any atom is -0.376 e. The number of benzene rings is 1. The number of piperidine rings is 1. The van der Waals surface area contributed by atoms with Gasteiger partial charge in [-0.25, -0.2) is 0 Å². The molecule has 0 aliphatic carbocycles. The summed E-state index contributed by atoms with van der Waals surface area (Å²) >= 11 is 0. The van der Waals surface area contributed by atoms with E-state index in [9.17, 15) is 9.59 Å². The number of carbonyl (C=O) groups excluding carboxylic acids is 2. The minimum atomic E-state index is -0.641. The smallest absolute Gasteiger partial charge is 0.313 e. The van der Waals surface area contributed by atoms with Crippen molar-refractivity contribution in [3.05, 3.63) is 24.3 Å². The fourth-order valence-corrected chi connectivity index (χ4v) is 3.30. The summed E-state index contributed by atoms with van der Waals surface area (Å²) in [5.41, 5.74) is 1.79. The molecule has 0 saturated carbocycles. The van der Waals surface area contributed by atoms with Crippen molar-refractivity contribution in [3.8, 4) is 0 Å². The number of carbonyl (C=O) groups is 2. The molecule has 1 aromatic rings. The molecular formula is C19H27N3O3. The van der Waals surface area contributed by atoms with Crippen molar-refractivity contribution >= 4 is 23.2 Å². The van der Waals surface area contributed by atoms with Crippen LogP contribution in [0.3, 0.4) is 0 Å². The van der Waals surface area contributed by atoms with Crippen molar-refractivity contribution in [2.75, 3.05) is 36.5 Å². The number of rotatable bonds is 4. The molecule has 2 saturated heterocycles. The van der Waals surface area contributed by atoms with E-state index in [1.165, 1.54) is 12.8 Å². The Balaban J connectivity index is 1.47. The molecule has 2 N–H and O–H groups in total. The van der Waals surface area contributed by atoms with E-state index in [0.29, 0.717) is 12.2 Å². The second-order valence-electron chi connectivity index (χ2n) is 7.02. The second-order valence-corrected chi connectivity index (χ2v) is 7.02. The van der Waals surface area contributed by atoms with Crippen LogP contribution < -0.4 is 15.5 Å². The summed E-state index contributed by atoms with van der Waals surface area (Å²) in [6.45, 7) is 5.55. The Bertz CT molecular complexity index is 588. The lowest BCUT2D eigenvalue weighted by Crippen LogP contribution is -2.39. The van der Waals surface area contributed by atoms with E-state index < -0.39 is 11.8 Å². The fraction of sp³-hybridized carbons (Fsp3) is 0.579. The van der Waals surface area contributed by atoms with Crippen molar-refractivity contribution in [2.24, 2.45) is 5.92 Å². The number of nitrogens with zero attached hydrogens (tertiary/aromatic N) is 1. The van der Waals surface area contributed by atoms with E-state index in [0.717, 1.165) is 44.1 Å². The van der Waals surface area contributed by atoms with Gasteiger partial charge in [0.25, 0.3) is 0 Å². The fourth-order valence-electron chi connectivity index (χ4n) is 3.30. The number of ether oxygens (including phenoxy) is 1. The van der Waals surface area contributed by atoms with Crippen LogP contribution in [0.2, 0.25) is 0 Å². The molecule has 6 heteroatoms. The van der Waals surface area contributed by atoms with Crippen LogP contribution in [0.1, 0.15) is 32.6 Å². The van der Waals surface area contributed by atoms with Crippen LogP contribution in [-0.4, -0.2) is 44.2 Å². The molecule has 2 aliphatic rings. The summed E-state index contributed by atoms with van der Waals surface area (Å²) in [5, 5.41) is 5.27. The van der Waals surface area contributed by atoms with E-state index in [1.807, 2.05) is 24.3 Å². The zero-order valence-electron chi connectivity index (χ0n) is 14.8. The van der Waals surface area contributed by atoms with Gasteiger partial charge < -0.3 is 20.3 Å². The zero-order chi connectivity index (χ0) is 17.6. The van der Waals surface area contributed by atoms with Crippen LogP contribution in [-0.2, 0) is 14.3 Å². The van der Waals surface area contributed by atoms with Crippen molar-refractivity contribution in [1.82, 2.24) is 5.32 Å². The Morgan fingerprint density at radius 2 is 1.84 bits per heavy atom. The Kier molecular flexibility index (Phi) is 5.91. The number of hydrogen-bond donors (Lipinski definition) is 2. The van der Waals surface area contributed by atoms with Crippen molar-refractivity contribution in [1.29, 1.82) is 0 Å². The van der Waals surface area contributed by atoms with Crippen LogP contribution >= 0.6 is 0 Å². The van der Waals surface area contributed by atoms with E-state index in [2.05, 4.69) is 22.5 Å². The van der Waals surface area contributed by atoms with E-state index in [4.69, 9.17) is 4.74 Å². The van der Waals surface area contributed by atoms with Crippen LogP contribution in [0.5, 0.6) is 0 Å². The molecule has 1 aromatic carbocycles. The third-order valence-electron chi connectivity index (χ3n) is 4.99. The van der Waals surface area contributed by atoms with E-state index in [1.54, 1.807) is 0 Å². The molecule has 2 fully saturated rings. The maximum Gasteiger partial charge on any atom is 0.313 e. The Hall–Kier alpha value is -2.08. The van der Waals surface area contributed by atoms with Gasteiger partial charge >= 0.3 is 11.8 Å². The SMILES string of the molecule is CC1CCN(c2ccc(NC(=O)C(=O)NCC3CCCO3)cc2)CC1. The largest absolute Gasteiger partial charge is 0.376 e. The first-order valence-electron chi connectivity index (χ1n) is 9.17. The predicted octanol–water partition coefficient (Wildman–Crippen LogP) is 2.16. The lowest BCUT2D eigenvalue weighted by atomic mass is 9.99. The standard InChI is InChI=1S/C19H27N3O3/c1-14-8-10-22(11-9-14)16-6-4-15(5-7-16)21-19(24)18(23)20-13-17-3-2-12-25-17/h4-7,14,17H,2-3,8-13H2,1H3,(H,20,23)(H,21,24). The van der Waals surface area contributed by atoms with Crippen LogP contribution in [0.15, 0.2) is 24.3 Å². The first-order chi connectivity index (χ1) is 12.1. The van der Waals surface area contributed by atoms with Crippen LogP contribution in [0.4, 0.5) is 11.4 Å². The summed E-state index contributed by atoms with van der Waals surface area (Å²) in [6.07, 6.45) is 4.39. The second kappa shape index (κ2) is 8.34. The van der Waals surface area contributed by atoms with Gasteiger partial charge in [-0.2, -0.15) is 0 Å². The Labute approximate surface area is 148 Å². The molecule has 0 radical (unpaired) electrons. The van der Waals surface area contributed by atoms with Gasteiger partial charge in [-0.15, -0.1) is 0 Å². The first-order valence-corrected chi connectivity index (χ1v) is 9.17. The van der Waals surface area contributed by atoms with Crippen molar-refractivity contribution < 1.29 is 14.3 Å². The van der Waals surface area contributed by atoms with Gasteiger partial charge in [0.05, 0.1) is 6.10 Å². The van der Waals surface area contributed by atoms with Gasteiger partial charge in [0.15, 0.2) is 0 Å². The Morgan fingerprint density at radius 1 is 1.12 bits per heavy atom. The highest BCUT2D eigenvalue weighted by molar-refractivity contribution is 6.39. The molecule has 136 valence electrons. The predicted molar refractivity (Wildman–Crippen MR) is 97.7 cm³/mol. The third kappa shape index (κ3) is 4.95. The van der Waals surface area contributed by atoms with Gasteiger partial charge in [0.1, 0.15) is 0 Å². The third-order valence-corrected chi connectivity index (χ3v) is 4.99. The lowest BCUT2D eigenvalue weighted by Gasteiger charge is -2.32. The molecule has 1 unspecified atom stereocenters. The number of hydrogen-bond acceptors (Lipinski definition) is 4. The molecule has 2 amide bonds. The average molecular weight is 345 g/mol. The van der Waals surface area contributed by atoms with Gasteiger partial charge in [-0.1, -0.05) is 6.92 Å². The topological polar surface area (TPSA) is 70.7 Å². The molecule has 0 spiro atoms. The monoisotopic (exact) mass is 345 g/mol. The van der Waals surface area contributed by atoms with Gasteiger partial charge in [-0.05, 0) is 55.9 Å². The van der Waals surface area contributed by atoms with Crippen LogP contribution in [0, 0.1) is 5.92 Å². The summed E-state index contributed by atoms with van der Waals surface area (Å²) in [5.74, 6) is -0.468. The van der Waals surface area contributed by atoms with E-state index >= 15 is 0 Å². The Morgan fingerprint density at radius 3 is 2.48 bits per heavy atom. The van der Waals surface area contributed by atoms with Crippen molar-refractivity contribution in [3.63, 3.8) is 0 Å². The normalized spacial score (nSPS) is 21.2. The van der Waals surface area contributed by atoms with E-state index in [-0.39, 0.29) is 6.10 Å². The maximum atomic E-state index is 12.0. The first kappa shape index (κ1) is 17.7. The summed E-state index contributed by atoms with van der Waals surface area (Å²) < 4.78 is 5.43. The quantitative estimate of drug-likeness (QED) is 0.821. The van der Waals surface area contributed by atoms with Gasteiger partial charge in [0.2, 0.25) is 0 Å². The summed E-state index contributed by atoms with van der Waals surface area (Å²) in [6, 6.07) is 7.68. The maximum absolute atomic E-state index is 12.0. The average Bonchev–Trinajstić information content (AvgIpc) is 3.14. The highest BCUT2D eigenvalue weighted by Crippen LogP contribution is 2.24. The lowest BCUT2D eigenvalue weighted by molar-refractivity contribution is -0.136. The number of nitrogens with one attached hydrogen (secondary N) is 2. The van der Waals surface area contributed by atoms with Crippen molar-refractivity contribution in [2.45, 2.75) is 38.7 Å². The molecule has 0 aromatic heterocycles. The molecule has 2 aliphatic heterocycles. The number of amides is 2. The summed E-state index contributed by atoms with van der Waals surface area (Å²) in [4.78, 5) is 26.2. The van der Waals surface area contributed by atoms with Gasteiger partial charge in [0, 0.05) is 37.6 Å². The number of anilines is 2. The van der Waals surface area contributed by atoms with Crippen LogP contribution in [0.25, 0.3) is 0 Å². The molecule has 2 heterocycles.